The van der Waals surface area contributed by atoms with Crippen molar-refractivity contribution in [1.82, 2.24) is 10.6 Å². The van der Waals surface area contributed by atoms with Gasteiger partial charge in [-0.3, -0.25) is 4.79 Å². The van der Waals surface area contributed by atoms with Crippen LogP contribution in [0.25, 0.3) is 0 Å². The Bertz CT molecular complexity index is 424. The van der Waals surface area contributed by atoms with Gasteiger partial charge < -0.3 is 16.4 Å². The molecular weight excluding hydrogens is 233 g/mol. The molecule has 4 nitrogen and oxygen atoms in total. The van der Waals surface area contributed by atoms with Crippen molar-refractivity contribution in [1.29, 1.82) is 0 Å². The van der Waals surface area contributed by atoms with E-state index in [2.05, 4.69) is 10.6 Å². The molecule has 1 fully saturated rings. The Labute approximate surface area is 106 Å². The summed E-state index contributed by atoms with van der Waals surface area (Å²) in [6.07, 6.45) is 1.16. The van der Waals surface area contributed by atoms with Gasteiger partial charge in [0.25, 0.3) is 0 Å². The van der Waals surface area contributed by atoms with Crippen molar-refractivity contribution in [2.24, 2.45) is 5.73 Å². The number of benzene rings is 1. The van der Waals surface area contributed by atoms with Gasteiger partial charge in [0, 0.05) is 19.1 Å². The van der Waals surface area contributed by atoms with E-state index < -0.39 is 0 Å². The Balaban J connectivity index is 1.75. The third-order valence-corrected chi connectivity index (χ3v) is 3.13. The first-order valence-electron chi connectivity index (χ1n) is 6.17. The molecule has 1 aromatic rings. The van der Waals surface area contributed by atoms with Gasteiger partial charge in [0.1, 0.15) is 5.82 Å². The van der Waals surface area contributed by atoms with Crippen molar-refractivity contribution in [3.8, 4) is 0 Å². The van der Waals surface area contributed by atoms with Gasteiger partial charge in [-0.25, -0.2) is 4.39 Å². The summed E-state index contributed by atoms with van der Waals surface area (Å²) < 4.78 is 13.3. The Morgan fingerprint density at radius 1 is 1.50 bits per heavy atom. The minimum absolute atomic E-state index is 0.0484. The third-order valence-electron chi connectivity index (χ3n) is 3.13. The molecular formula is C13H18FN3O. The highest BCUT2D eigenvalue weighted by molar-refractivity contribution is 5.82. The van der Waals surface area contributed by atoms with Crippen molar-refractivity contribution >= 4 is 5.91 Å². The molecule has 2 atom stereocenters. The van der Waals surface area contributed by atoms with Crippen LogP contribution in [0.2, 0.25) is 0 Å². The molecule has 2 rings (SSSR count). The summed E-state index contributed by atoms with van der Waals surface area (Å²) in [6, 6.07) is 6.44. The molecule has 0 saturated carbocycles. The molecule has 1 aliphatic rings. The van der Waals surface area contributed by atoms with Gasteiger partial charge in [0.05, 0.1) is 6.04 Å². The van der Waals surface area contributed by atoms with E-state index in [-0.39, 0.29) is 23.8 Å². The van der Waals surface area contributed by atoms with E-state index in [0.717, 1.165) is 0 Å². The van der Waals surface area contributed by atoms with Crippen molar-refractivity contribution in [2.75, 3.05) is 13.1 Å². The number of amides is 1. The number of rotatable bonds is 4. The second-order valence-corrected chi connectivity index (χ2v) is 4.59. The first-order chi connectivity index (χ1) is 8.66. The SMILES string of the molecule is N[C@@H]1CN[C@H](C(=O)NCCc2ccccc2F)C1. The Kier molecular flexibility index (Phi) is 4.28. The van der Waals surface area contributed by atoms with Crippen molar-refractivity contribution in [3.05, 3.63) is 35.6 Å². The lowest BCUT2D eigenvalue weighted by Gasteiger charge is -2.11. The topological polar surface area (TPSA) is 67.1 Å². The van der Waals surface area contributed by atoms with Gasteiger partial charge in [0.15, 0.2) is 0 Å². The predicted molar refractivity (Wildman–Crippen MR) is 67.5 cm³/mol. The third kappa shape index (κ3) is 3.27. The molecule has 98 valence electrons. The molecule has 0 aromatic heterocycles. The second-order valence-electron chi connectivity index (χ2n) is 4.59. The molecule has 1 heterocycles. The largest absolute Gasteiger partial charge is 0.354 e. The lowest BCUT2D eigenvalue weighted by atomic mass is 10.1. The Morgan fingerprint density at radius 3 is 2.94 bits per heavy atom. The molecule has 5 heteroatoms. The zero-order valence-electron chi connectivity index (χ0n) is 10.2. The lowest BCUT2D eigenvalue weighted by Crippen LogP contribution is -2.41. The molecule has 0 radical (unpaired) electrons. The molecule has 0 unspecified atom stereocenters. The Morgan fingerprint density at radius 2 is 2.28 bits per heavy atom. The normalized spacial score (nSPS) is 23.0. The van der Waals surface area contributed by atoms with Crippen LogP contribution in [-0.4, -0.2) is 31.1 Å². The highest BCUT2D eigenvalue weighted by atomic mass is 19.1. The maximum absolute atomic E-state index is 13.3. The van der Waals surface area contributed by atoms with E-state index in [9.17, 15) is 9.18 Å². The van der Waals surface area contributed by atoms with Gasteiger partial charge in [0.2, 0.25) is 5.91 Å². The van der Waals surface area contributed by atoms with Crippen molar-refractivity contribution < 1.29 is 9.18 Å². The summed E-state index contributed by atoms with van der Waals surface area (Å²) in [5.41, 5.74) is 6.33. The van der Waals surface area contributed by atoms with Crippen LogP contribution in [0.15, 0.2) is 24.3 Å². The fourth-order valence-corrected chi connectivity index (χ4v) is 2.11. The van der Waals surface area contributed by atoms with Crippen LogP contribution in [0.3, 0.4) is 0 Å². The number of carbonyl (C=O) groups excluding carboxylic acids is 1. The Hall–Kier alpha value is -1.46. The van der Waals surface area contributed by atoms with Crippen LogP contribution in [0.5, 0.6) is 0 Å². The highest BCUT2D eigenvalue weighted by Gasteiger charge is 2.26. The summed E-state index contributed by atoms with van der Waals surface area (Å²) in [4.78, 5) is 11.7. The van der Waals surface area contributed by atoms with E-state index in [1.165, 1.54) is 6.07 Å². The second kappa shape index (κ2) is 5.93. The summed E-state index contributed by atoms with van der Waals surface area (Å²) in [5.74, 6) is -0.285. The van der Waals surface area contributed by atoms with Gasteiger partial charge >= 0.3 is 0 Å². The zero-order valence-corrected chi connectivity index (χ0v) is 10.2. The number of carbonyl (C=O) groups is 1. The van der Waals surface area contributed by atoms with Gasteiger partial charge in [-0.2, -0.15) is 0 Å². The molecule has 4 N–H and O–H groups in total. The summed E-state index contributed by atoms with van der Waals surface area (Å²) in [6.45, 7) is 1.11. The zero-order chi connectivity index (χ0) is 13.0. The average molecular weight is 251 g/mol. The van der Waals surface area contributed by atoms with Crippen molar-refractivity contribution in [3.63, 3.8) is 0 Å². The minimum Gasteiger partial charge on any atom is -0.354 e. The number of halogens is 1. The molecule has 0 bridgehead atoms. The lowest BCUT2D eigenvalue weighted by molar-refractivity contribution is -0.122. The standard InChI is InChI=1S/C13H18FN3O/c14-11-4-2-1-3-9(11)5-6-16-13(18)12-7-10(15)8-17-12/h1-4,10,12,17H,5-8,15H2,(H,16,18)/t10-,12-/m0/s1. The molecule has 0 aliphatic carbocycles. The van der Waals surface area contributed by atoms with Crippen LogP contribution in [0.4, 0.5) is 4.39 Å². The van der Waals surface area contributed by atoms with Crippen LogP contribution in [-0.2, 0) is 11.2 Å². The van der Waals surface area contributed by atoms with Crippen LogP contribution in [0.1, 0.15) is 12.0 Å². The fraction of sp³-hybridized carbons (Fsp3) is 0.462. The molecule has 0 spiro atoms. The van der Waals surface area contributed by atoms with Gasteiger partial charge in [-0.05, 0) is 24.5 Å². The maximum atomic E-state index is 13.3. The maximum Gasteiger partial charge on any atom is 0.237 e. The first kappa shape index (κ1) is 13.0. The van der Waals surface area contributed by atoms with E-state index >= 15 is 0 Å². The number of nitrogens with one attached hydrogen (secondary N) is 2. The number of hydrogen-bond donors (Lipinski definition) is 3. The summed E-state index contributed by atoms with van der Waals surface area (Å²) >= 11 is 0. The number of nitrogens with two attached hydrogens (primary N) is 1. The summed E-state index contributed by atoms with van der Waals surface area (Å²) in [5, 5.41) is 5.85. The van der Waals surface area contributed by atoms with E-state index in [1.807, 2.05) is 0 Å². The van der Waals surface area contributed by atoms with E-state index in [1.54, 1.807) is 18.2 Å². The molecule has 1 aliphatic heterocycles. The molecule has 18 heavy (non-hydrogen) atoms. The highest BCUT2D eigenvalue weighted by Crippen LogP contribution is 2.07. The number of hydrogen-bond acceptors (Lipinski definition) is 3. The molecule has 1 saturated heterocycles. The van der Waals surface area contributed by atoms with E-state index in [4.69, 9.17) is 5.73 Å². The first-order valence-corrected chi connectivity index (χ1v) is 6.17. The van der Waals surface area contributed by atoms with Crippen LogP contribution >= 0.6 is 0 Å². The van der Waals surface area contributed by atoms with Gasteiger partial charge in [-0.1, -0.05) is 18.2 Å². The smallest absolute Gasteiger partial charge is 0.237 e. The molecule has 1 aromatic carbocycles. The van der Waals surface area contributed by atoms with Crippen LogP contribution < -0.4 is 16.4 Å². The molecule has 1 amide bonds. The predicted octanol–water partition coefficient (Wildman–Crippen LogP) is 0.174. The van der Waals surface area contributed by atoms with E-state index in [0.29, 0.717) is 31.5 Å². The monoisotopic (exact) mass is 251 g/mol. The summed E-state index contributed by atoms with van der Waals surface area (Å²) in [7, 11) is 0. The quantitative estimate of drug-likeness (QED) is 0.715. The average Bonchev–Trinajstić information content (AvgIpc) is 2.78. The minimum atomic E-state index is -0.229. The van der Waals surface area contributed by atoms with Gasteiger partial charge in [-0.15, -0.1) is 0 Å². The van der Waals surface area contributed by atoms with Crippen LogP contribution in [0, 0.1) is 5.82 Å². The fourth-order valence-electron chi connectivity index (χ4n) is 2.11. The van der Waals surface area contributed by atoms with Crippen molar-refractivity contribution in [2.45, 2.75) is 24.9 Å².